The molecule has 0 saturated carbocycles. The molecule has 1 aliphatic rings. The smallest absolute Gasteiger partial charge is 0.122 e. The summed E-state index contributed by atoms with van der Waals surface area (Å²) in [5.74, 6) is 0. The molecule has 1 aromatic heterocycles. The Bertz CT molecular complexity index is 1400. The summed E-state index contributed by atoms with van der Waals surface area (Å²) in [5, 5.41) is 11.5. The van der Waals surface area contributed by atoms with E-state index in [1.807, 2.05) is 0 Å². The molecule has 1 fully saturated rings. The molecule has 5 heteroatoms. The molecule has 1 unspecified atom stereocenters. The van der Waals surface area contributed by atoms with Crippen LogP contribution in [-0.2, 0) is 29.8 Å². The fraction of sp³-hybridized carbons (Fsp3) is 0.364. The summed E-state index contributed by atoms with van der Waals surface area (Å²) in [5.41, 5.74) is 5.61. The lowest BCUT2D eigenvalue weighted by Crippen LogP contribution is -2.34. The summed E-state index contributed by atoms with van der Waals surface area (Å²) in [4.78, 5) is 2.56. The summed E-state index contributed by atoms with van der Waals surface area (Å²) in [7, 11) is -1.12. The van der Waals surface area contributed by atoms with Crippen molar-refractivity contribution < 1.29 is 4.74 Å². The molecule has 1 saturated heterocycles. The van der Waals surface area contributed by atoms with Gasteiger partial charge in [0.25, 0.3) is 0 Å². The third-order valence-corrected chi connectivity index (χ3v) is 9.60. The SMILES string of the molecule is C[Si](C)(C)CCOCn1ccc2cc(C3(Cc4ccccc4)CCN(Cc4ccccc4)C3)c(C#N)cc21. The fourth-order valence-corrected chi connectivity index (χ4v) is 6.56. The Kier molecular flexibility index (Phi) is 7.85. The number of nitriles is 1. The maximum atomic E-state index is 10.4. The minimum atomic E-state index is -1.12. The second kappa shape index (κ2) is 11.3. The van der Waals surface area contributed by atoms with Gasteiger partial charge >= 0.3 is 0 Å². The first-order chi connectivity index (χ1) is 18.4. The zero-order chi connectivity index (χ0) is 26.6. The van der Waals surface area contributed by atoms with E-state index >= 15 is 0 Å². The Balaban J connectivity index is 1.45. The molecule has 0 spiro atoms. The number of aromatic nitrogens is 1. The molecule has 0 bridgehead atoms. The van der Waals surface area contributed by atoms with Gasteiger partial charge in [-0.2, -0.15) is 5.26 Å². The lowest BCUT2D eigenvalue weighted by molar-refractivity contribution is 0.0902. The molecule has 3 aromatic carbocycles. The zero-order valence-corrected chi connectivity index (χ0v) is 24.0. The summed E-state index contributed by atoms with van der Waals surface area (Å²) in [6.07, 6.45) is 4.07. The van der Waals surface area contributed by atoms with Crippen LogP contribution >= 0.6 is 0 Å². The van der Waals surface area contributed by atoms with E-state index in [4.69, 9.17) is 4.74 Å². The van der Waals surface area contributed by atoms with Crippen molar-refractivity contribution in [1.29, 1.82) is 5.26 Å². The van der Waals surface area contributed by atoms with Crippen molar-refractivity contribution >= 4 is 19.0 Å². The van der Waals surface area contributed by atoms with Gasteiger partial charge in [-0.15, -0.1) is 0 Å². The summed E-state index contributed by atoms with van der Waals surface area (Å²) < 4.78 is 8.19. The molecule has 38 heavy (non-hydrogen) atoms. The van der Waals surface area contributed by atoms with E-state index in [2.05, 4.69) is 120 Å². The van der Waals surface area contributed by atoms with Crippen LogP contribution in [0.15, 0.2) is 85.1 Å². The molecule has 5 rings (SSSR count). The first kappa shape index (κ1) is 26.4. The lowest BCUT2D eigenvalue weighted by Gasteiger charge is -2.32. The highest BCUT2D eigenvalue weighted by Gasteiger charge is 2.41. The highest BCUT2D eigenvalue weighted by Crippen LogP contribution is 2.41. The van der Waals surface area contributed by atoms with Crippen molar-refractivity contribution in [3.8, 4) is 6.07 Å². The molecule has 0 amide bonds. The summed E-state index contributed by atoms with van der Waals surface area (Å²) in [6, 6.07) is 31.8. The predicted molar refractivity (Wildman–Crippen MR) is 159 cm³/mol. The number of fused-ring (bicyclic) bond motifs is 1. The standard InChI is InChI=1S/C33H39N3OSi/c1-38(2,3)19-18-37-26-36-16-14-29-20-31(30(23-34)21-32(29)36)33(22-27-10-6-4-7-11-27)15-17-35(25-33)24-28-12-8-5-9-13-28/h4-14,16,20-21H,15,17-19,22,24-26H2,1-3H3. The first-order valence-electron chi connectivity index (χ1n) is 13.8. The highest BCUT2D eigenvalue weighted by atomic mass is 28.3. The van der Waals surface area contributed by atoms with E-state index in [-0.39, 0.29) is 5.41 Å². The van der Waals surface area contributed by atoms with Crippen LogP contribution in [0, 0.1) is 11.3 Å². The summed E-state index contributed by atoms with van der Waals surface area (Å²) >= 11 is 0. The van der Waals surface area contributed by atoms with Crippen LogP contribution in [0.5, 0.6) is 0 Å². The number of likely N-dealkylation sites (tertiary alicyclic amines) is 1. The van der Waals surface area contributed by atoms with E-state index in [1.54, 1.807) is 0 Å². The maximum absolute atomic E-state index is 10.4. The van der Waals surface area contributed by atoms with Crippen molar-refractivity contribution in [2.75, 3.05) is 19.7 Å². The Labute approximate surface area is 228 Å². The van der Waals surface area contributed by atoms with Gasteiger partial charge in [0, 0.05) is 44.8 Å². The van der Waals surface area contributed by atoms with Gasteiger partial charge in [0.2, 0.25) is 0 Å². The third kappa shape index (κ3) is 6.10. The molecule has 4 nitrogen and oxygen atoms in total. The monoisotopic (exact) mass is 521 g/mol. The molecule has 196 valence electrons. The van der Waals surface area contributed by atoms with Crippen LogP contribution in [0.25, 0.3) is 10.9 Å². The molecule has 2 heterocycles. The Hall–Kier alpha value is -3.17. The molecule has 0 N–H and O–H groups in total. The topological polar surface area (TPSA) is 41.2 Å². The predicted octanol–water partition coefficient (Wildman–Crippen LogP) is 7.21. The molecular weight excluding hydrogens is 482 g/mol. The number of hydrogen-bond acceptors (Lipinski definition) is 3. The van der Waals surface area contributed by atoms with Gasteiger partial charge in [-0.1, -0.05) is 80.3 Å². The highest BCUT2D eigenvalue weighted by molar-refractivity contribution is 6.76. The molecule has 0 radical (unpaired) electrons. The van der Waals surface area contributed by atoms with E-state index in [1.165, 1.54) is 22.1 Å². The van der Waals surface area contributed by atoms with E-state index in [0.29, 0.717) is 6.73 Å². The number of benzene rings is 3. The average molecular weight is 522 g/mol. The molecule has 0 aliphatic carbocycles. The van der Waals surface area contributed by atoms with Crippen LogP contribution in [0.3, 0.4) is 0 Å². The largest absolute Gasteiger partial charge is 0.361 e. The molecule has 1 atom stereocenters. The molecule has 1 aliphatic heterocycles. The van der Waals surface area contributed by atoms with Gasteiger partial charge in [-0.25, -0.2) is 0 Å². The van der Waals surface area contributed by atoms with Gasteiger partial charge in [0.15, 0.2) is 0 Å². The van der Waals surface area contributed by atoms with Crippen LogP contribution in [0.1, 0.15) is 28.7 Å². The molecular formula is C33H39N3OSi. The second-order valence-electron chi connectivity index (χ2n) is 12.1. The van der Waals surface area contributed by atoms with Gasteiger partial charge in [-0.05, 0) is 60.3 Å². The number of hydrogen-bond donors (Lipinski definition) is 0. The van der Waals surface area contributed by atoms with E-state index in [0.717, 1.165) is 56.2 Å². The quantitative estimate of drug-likeness (QED) is 0.163. The average Bonchev–Trinajstić information content (AvgIpc) is 3.50. The lowest BCUT2D eigenvalue weighted by atomic mass is 9.73. The number of ether oxygens (including phenoxy) is 1. The van der Waals surface area contributed by atoms with Crippen molar-refractivity contribution in [3.63, 3.8) is 0 Å². The first-order valence-corrected chi connectivity index (χ1v) is 17.5. The van der Waals surface area contributed by atoms with E-state index < -0.39 is 8.07 Å². The fourth-order valence-electron chi connectivity index (χ4n) is 5.80. The van der Waals surface area contributed by atoms with Crippen molar-refractivity contribution in [3.05, 3.63) is 107 Å². The van der Waals surface area contributed by atoms with Crippen molar-refractivity contribution in [1.82, 2.24) is 9.47 Å². The van der Waals surface area contributed by atoms with Crippen molar-refractivity contribution in [2.45, 2.75) is 57.2 Å². The third-order valence-electron chi connectivity index (χ3n) is 7.90. The molecule has 4 aromatic rings. The second-order valence-corrected chi connectivity index (χ2v) is 17.7. The minimum Gasteiger partial charge on any atom is -0.361 e. The maximum Gasteiger partial charge on any atom is 0.122 e. The summed E-state index contributed by atoms with van der Waals surface area (Å²) in [6.45, 7) is 11.3. The van der Waals surface area contributed by atoms with Crippen LogP contribution in [0.2, 0.25) is 25.7 Å². The van der Waals surface area contributed by atoms with E-state index in [9.17, 15) is 5.26 Å². The Morgan fingerprint density at radius 2 is 1.66 bits per heavy atom. The van der Waals surface area contributed by atoms with Crippen LogP contribution in [-0.4, -0.2) is 37.2 Å². The minimum absolute atomic E-state index is 0.106. The van der Waals surface area contributed by atoms with Crippen LogP contribution < -0.4 is 0 Å². The van der Waals surface area contributed by atoms with Gasteiger partial charge < -0.3 is 9.30 Å². The zero-order valence-electron chi connectivity index (χ0n) is 23.0. The van der Waals surface area contributed by atoms with Crippen molar-refractivity contribution in [2.24, 2.45) is 0 Å². The Morgan fingerprint density at radius 3 is 2.34 bits per heavy atom. The Morgan fingerprint density at radius 1 is 0.947 bits per heavy atom. The van der Waals surface area contributed by atoms with Gasteiger partial charge in [0.05, 0.1) is 17.1 Å². The number of rotatable bonds is 10. The van der Waals surface area contributed by atoms with Gasteiger partial charge in [-0.3, -0.25) is 4.90 Å². The number of nitrogens with zero attached hydrogens (tertiary/aromatic N) is 3. The van der Waals surface area contributed by atoms with Crippen LogP contribution in [0.4, 0.5) is 0 Å². The van der Waals surface area contributed by atoms with Gasteiger partial charge in [0.1, 0.15) is 6.73 Å². The normalized spacial score (nSPS) is 18.2.